The highest BCUT2D eigenvalue weighted by molar-refractivity contribution is 6.18. The van der Waals surface area contributed by atoms with Crippen molar-refractivity contribution in [1.82, 2.24) is 0 Å². The molecule has 0 aliphatic rings. The average Bonchev–Trinajstić information content (AvgIpc) is 2.37. The van der Waals surface area contributed by atoms with Gasteiger partial charge in [0.05, 0.1) is 5.69 Å². The summed E-state index contributed by atoms with van der Waals surface area (Å²) in [7, 11) is 0. The van der Waals surface area contributed by atoms with Gasteiger partial charge in [0, 0.05) is 0 Å². The van der Waals surface area contributed by atoms with E-state index in [-0.39, 0.29) is 0 Å². The lowest BCUT2D eigenvalue weighted by molar-refractivity contribution is -0.181. The van der Waals surface area contributed by atoms with Crippen LogP contribution in [0.15, 0.2) is 24.3 Å². The van der Waals surface area contributed by atoms with E-state index in [1.807, 2.05) is 0 Å². The van der Waals surface area contributed by atoms with Crippen molar-refractivity contribution in [3.05, 3.63) is 29.8 Å². The molecule has 116 valence electrons. The van der Waals surface area contributed by atoms with Crippen molar-refractivity contribution in [1.29, 1.82) is 0 Å². The molecule has 0 aliphatic heterocycles. The molecule has 0 radical (unpaired) electrons. The van der Waals surface area contributed by atoms with E-state index in [9.17, 15) is 35.9 Å². The van der Waals surface area contributed by atoms with Gasteiger partial charge in [-0.05, 0) is 24.1 Å². The fourth-order valence-corrected chi connectivity index (χ4v) is 1.46. The number of rotatable bonds is 2. The van der Waals surface area contributed by atoms with Crippen LogP contribution < -0.4 is 4.90 Å². The molecule has 0 unspecified atom stereocenters. The molecule has 1 rings (SSSR count). The van der Waals surface area contributed by atoms with Crippen molar-refractivity contribution in [2.45, 2.75) is 25.7 Å². The number of imide groups is 1. The maximum atomic E-state index is 12.4. The van der Waals surface area contributed by atoms with Crippen LogP contribution in [0.3, 0.4) is 0 Å². The zero-order valence-corrected chi connectivity index (χ0v) is 10.5. The summed E-state index contributed by atoms with van der Waals surface area (Å²) >= 11 is 0. The second kappa shape index (κ2) is 5.74. The van der Waals surface area contributed by atoms with Crippen LogP contribution in [-0.2, 0) is 16.0 Å². The molecule has 0 fully saturated rings. The van der Waals surface area contributed by atoms with Crippen LogP contribution in [0.4, 0.5) is 32.0 Å². The summed E-state index contributed by atoms with van der Waals surface area (Å²) in [6, 6.07) is 4.17. The highest BCUT2D eigenvalue weighted by Crippen LogP contribution is 2.29. The van der Waals surface area contributed by atoms with Gasteiger partial charge in [-0.15, -0.1) is 0 Å². The van der Waals surface area contributed by atoms with E-state index in [1.165, 1.54) is 12.1 Å². The minimum atomic E-state index is -5.61. The van der Waals surface area contributed by atoms with E-state index >= 15 is 0 Å². The fraction of sp³-hybridized carbons (Fsp3) is 0.333. The van der Waals surface area contributed by atoms with Crippen molar-refractivity contribution >= 4 is 17.5 Å². The molecule has 0 saturated heterocycles. The third-order valence-corrected chi connectivity index (χ3v) is 2.49. The Morgan fingerprint density at radius 3 is 1.57 bits per heavy atom. The number of amides is 2. The summed E-state index contributed by atoms with van der Waals surface area (Å²) in [4.78, 5) is 21.3. The molecule has 3 nitrogen and oxygen atoms in total. The molecule has 0 atom stereocenters. The van der Waals surface area contributed by atoms with Crippen molar-refractivity contribution < 1.29 is 35.9 Å². The largest absolute Gasteiger partial charge is 0.472 e. The first-order valence-electron chi connectivity index (χ1n) is 5.59. The first-order valence-corrected chi connectivity index (χ1v) is 5.59. The molecule has 0 bridgehead atoms. The van der Waals surface area contributed by atoms with E-state index in [0.717, 1.165) is 12.1 Å². The molecular formula is C12H9F6NO2. The van der Waals surface area contributed by atoms with Gasteiger partial charge < -0.3 is 0 Å². The number of hydrogen-bond acceptors (Lipinski definition) is 2. The number of nitrogens with zero attached hydrogens (tertiary/aromatic N) is 1. The average molecular weight is 313 g/mol. The lowest BCUT2D eigenvalue weighted by Crippen LogP contribution is -2.50. The van der Waals surface area contributed by atoms with Crippen LogP contribution in [0.25, 0.3) is 0 Å². The van der Waals surface area contributed by atoms with Crippen LogP contribution in [0.5, 0.6) is 0 Å². The van der Waals surface area contributed by atoms with E-state index < -0.39 is 34.8 Å². The summed E-state index contributed by atoms with van der Waals surface area (Å²) < 4.78 is 74.2. The molecule has 2 amide bonds. The number of halogens is 6. The number of hydrogen-bond donors (Lipinski definition) is 0. The minimum Gasteiger partial charge on any atom is -0.263 e. The molecule has 0 saturated carbocycles. The Morgan fingerprint density at radius 1 is 0.905 bits per heavy atom. The van der Waals surface area contributed by atoms with Gasteiger partial charge >= 0.3 is 24.2 Å². The van der Waals surface area contributed by atoms with E-state index in [2.05, 4.69) is 0 Å². The molecule has 0 heterocycles. The molecule has 0 aliphatic carbocycles. The topological polar surface area (TPSA) is 37.4 Å². The zero-order chi connectivity index (χ0) is 16.4. The Balaban J connectivity index is 3.31. The molecule has 21 heavy (non-hydrogen) atoms. The molecule has 1 aromatic carbocycles. The van der Waals surface area contributed by atoms with Gasteiger partial charge in [0.1, 0.15) is 0 Å². The summed E-state index contributed by atoms with van der Waals surface area (Å²) in [5, 5.41) is 0. The van der Waals surface area contributed by atoms with Gasteiger partial charge in [-0.2, -0.15) is 26.3 Å². The Bertz CT molecular complexity index is 506. The van der Waals surface area contributed by atoms with Crippen LogP contribution in [0.2, 0.25) is 0 Å². The Morgan fingerprint density at radius 2 is 1.29 bits per heavy atom. The van der Waals surface area contributed by atoms with Gasteiger partial charge in [0.2, 0.25) is 0 Å². The van der Waals surface area contributed by atoms with Crippen LogP contribution in [-0.4, -0.2) is 24.2 Å². The van der Waals surface area contributed by atoms with Crippen LogP contribution in [0.1, 0.15) is 12.5 Å². The predicted octanol–water partition coefficient (Wildman–Crippen LogP) is 3.23. The number of alkyl halides is 6. The minimum absolute atomic E-state index is 0.487. The van der Waals surface area contributed by atoms with E-state index in [1.54, 1.807) is 6.92 Å². The third kappa shape index (κ3) is 3.96. The summed E-state index contributed by atoms with van der Waals surface area (Å²) in [5.41, 5.74) is -0.172. The van der Waals surface area contributed by atoms with Gasteiger partial charge in [-0.25, -0.2) is 4.90 Å². The third-order valence-electron chi connectivity index (χ3n) is 2.49. The SMILES string of the molecule is CCc1ccc(N(C(=O)C(F)(F)F)C(=O)C(F)(F)F)cc1. The smallest absolute Gasteiger partial charge is 0.263 e. The molecule has 9 heteroatoms. The summed E-state index contributed by atoms with van der Waals surface area (Å²) in [5.74, 6) is -5.79. The Kier molecular flexibility index (Phi) is 4.65. The number of carbonyl (C=O) groups excluding carboxylic acids is 2. The lowest BCUT2D eigenvalue weighted by atomic mass is 10.1. The van der Waals surface area contributed by atoms with Crippen LogP contribution in [0, 0.1) is 0 Å². The normalized spacial score (nSPS) is 12.1. The van der Waals surface area contributed by atoms with Gasteiger partial charge in [-0.3, -0.25) is 9.59 Å². The van der Waals surface area contributed by atoms with Crippen molar-refractivity contribution in [2.75, 3.05) is 4.90 Å². The first kappa shape index (κ1) is 17.0. The first-order chi connectivity index (χ1) is 9.48. The van der Waals surface area contributed by atoms with Crippen molar-refractivity contribution in [3.8, 4) is 0 Å². The maximum absolute atomic E-state index is 12.4. The highest BCUT2D eigenvalue weighted by atomic mass is 19.4. The second-order valence-corrected chi connectivity index (χ2v) is 3.96. The number of anilines is 1. The Labute approximate surface area is 115 Å². The number of benzene rings is 1. The standard InChI is InChI=1S/C12H9F6NO2/c1-2-7-3-5-8(6-4-7)19(9(20)11(13,14)15)10(21)12(16,17)18/h3-6H,2H2,1H3. The Hall–Kier alpha value is -2.06. The summed E-state index contributed by atoms with van der Waals surface area (Å²) in [6.45, 7) is 1.72. The highest BCUT2D eigenvalue weighted by Gasteiger charge is 2.52. The van der Waals surface area contributed by atoms with Crippen LogP contribution >= 0.6 is 0 Å². The summed E-state index contributed by atoms with van der Waals surface area (Å²) in [6.07, 6.45) is -10.7. The predicted molar refractivity (Wildman–Crippen MR) is 60.4 cm³/mol. The molecule has 0 aromatic heterocycles. The van der Waals surface area contributed by atoms with E-state index in [0.29, 0.717) is 12.0 Å². The van der Waals surface area contributed by atoms with Gasteiger partial charge in [0.15, 0.2) is 0 Å². The van der Waals surface area contributed by atoms with E-state index in [4.69, 9.17) is 0 Å². The number of carbonyl (C=O) groups is 2. The fourth-order valence-electron chi connectivity index (χ4n) is 1.46. The lowest BCUT2D eigenvalue weighted by Gasteiger charge is -2.23. The second-order valence-electron chi connectivity index (χ2n) is 3.96. The quantitative estimate of drug-likeness (QED) is 0.786. The monoisotopic (exact) mass is 313 g/mol. The molecular weight excluding hydrogens is 304 g/mol. The van der Waals surface area contributed by atoms with Crippen molar-refractivity contribution in [3.63, 3.8) is 0 Å². The molecule has 0 N–H and O–H groups in total. The van der Waals surface area contributed by atoms with Gasteiger partial charge in [-0.1, -0.05) is 19.1 Å². The zero-order valence-electron chi connectivity index (χ0n) is 10.5. The van der Waals surface area contributed by atoms with Gasteiger partial charge in [0.25, 0.3) is 0 Å². The maximum Gasteiger partial charge on any atom is 0.472 e. The molecule has 1 aromatic rings. The van der Waals surface area contributed by atoms with Crippen molar-refractivity contribution in [2.24, 2.45) is 0 Å². The number of aryl methyl sites for hydroxylation is 1. The molecule has 0 spiro atoms.